The zero-order chi connectivity index (χ0) is 14.5. The van der Waals surface area contributed by atoms with Crippen LogP contribution in [-0.2, 0) is 6.54 Å². The van der Waals surface area contributed by atoms with Crippen molar-refractivity contribution in [2.45, 2.75) is 6.54 Å². The molecule has 0 aliphatic rings. The minimum absolute atomic E-state index is 0.286. The summed E-state index contributed by atoms with van der Waals surface area (Å²) in [5, 5.41) is 3.08. The highest BCUT2D eigenvalue weighted by atomic mass is 35.5. The van der Waals surface area contributed by atoms with E-state index >= 15 is 0 Å². The van der Waals surface area contributed by atoms with Crippen LogP contribution in [0.4, 0.5) is 14.9 Å². The van der Waals surface area contributed by atoms with Crippen molar-refractivity contribution in [3.8, 4) is 0 Å². The molecule has 1 aromatic heterocycles. The molecule has 0 aliphatic carbocycles. The lowest BCUT2D eigenvalue weighted by Crippen LogP contribution is -2.30. The first-order valence-electron chi connectivity index (χ1n) is 5.93. The Morgan fingerprint density at radius 3 is 2.60 bits per heavy atom. The van der Waals surface area contributed by atoms with Crippen LogP contribution in [0.3, 0.4) is 0 Å². The SMILES string of the molecule is CN(Cc1ccc(Cl)nc1)C(=O)Nc1ccc(F)cc1. The Bertz CT molecular complexity index is 586. The Balaban J connectivity index is 1.94. The zero-order valence-electron chi connectivity index (χ0n) is 10.8. The summed E-state index contributed by atoms with van der Waals surface area (Å²) in [5.74, 6) is -0.344. The first-order valence-corrected chi connectivity index (χ1v) is 6.30. The van der Waals surface area contributed by atoms with Gasteiger partial charge in [0.1, 0.15) is 11.0 Å². The third-order valence-electron chi connectivity index (χ3n) is 2.65. The molecule has 4 nitrogen and oxygen atoms in total. The van der Waals surface area contributed by atoms with Crippen molar-refractivity contribution in [3.63, 3.8) is 0 Å². The third-order valence-corrected chi connectivity index (χ3v) is 2.87. The predicted octanol–water partition coefficient (Wildman–Crippen LogP) is 3.54. The van der Waals surface area contributed by atoms with Gasteiger partial charge in [-0.2, -0.15) is 0 Å². The summed E-state index contributed by atoms with van der Waals surface area (Å²) in [6, 6.07) is 8.78. The molecule has 6 heteroatoms. The van der Waals surface area contributed by atoms with Crippen molar-refractivity contribution < 1.29 is 9.18 Å². The molecule has 104 valence electrons. The summed E-state index contributed by atoms with van der Waals surface area (Å²) < 4.78 is 12.8. The van der Waals surface area contributed by atoms with Gasteiger partial charge >= 0.3 is 6.03 Å². The molecule has 1 heterocycles. The number of rotatable bonds is 3. The maximum absolute atomic E-state index is 12.8. The van der Waals surface area contributed by atoms with Crippen LogP contribution in [0.1, 0.15) is 5.56 Å². The van der Waals surface area contributed by atoms with Gasteiger partial charge in [-0.15, -0.1) is 0 Å². The van der Waals surface area contributed by atoms with Crippen LogP contribution in [0.15, 0.2) is 42.6 Å². The number of carbonyl (C=O) groups excluding carboxylic acids is 1. The maximum atomic E-state index is 12.8. The second-order valence-corrected chi connectivity index (χ2v) is 4.67. The van der Waals surface area contributed by atoms with Gasteiger partial charge in [-0.05, 0) is 35.9 Å². The fourth-order valence-electron chi connectivity index (χ4n) is 1.60. The van der Waals surface area contributed by atoms with Crippen LogP contribution in [-0.4, -0.2) is 23.0 Å². The van der Waals surface area contributed by atoms with Gasteiger partial charge in [-0.25, -0.2) is 14.2 Å². The van der Waals surface area contributed by atoms with Gasteiger partial charge in [0.05, 0.1) is 0 Å². The summed E-state index contributed by atoms with van der Waals surface area (Å²) in [6.07, 6.45) is 1.62. The van der Waals surface area contributed by atoms with E-state index in [1.807, 2.05) is 0 Å². The normalized spacial score (nSPS) is 10.2. The molecule has 0 aliphatic heterocycles. The monoisotopic (exact) mass is 293 g/mol. The molecule has 2 rings (SSSR count). The van der Waals surface area contributed by atoms with Crippen LogP contribution in [0, 0.1) is 5.82 Å². The summed E-state index contributed by atoms with van der Waals surface area (Å²) in [7, 11) is 1.66. The van der Waals surface area contributed by atoms with Gasteiger partial charge in [0.2, 0.25) is 0 Å². The van der Waals surface area contributed by atoms with E-state index in [1.54, 1.807) is 25.4 Å². The molecular formula is C14H13ClFN3O. The second-order valence-electron chi connectivity index (χ2n) is 4.28. The van der Waals surface area contributed by atoms with Crippen LogP contribution in [0.2, 0.25) is 5.15 Å². The van der Waals surface area contributed by atoms with Crippen molar-refractivity contribution in [3.05, 3.63) is 59.1 Å². The van der Waals surface area contributed by atoms with Crippen molar-refractivity contribution >= 4 is 23.3 Å². The molecule has 0 radical (unpaired) electrons. The number of halogens is 2. The Hall–Kier alpha value is -2.14. The van der Waals surface area contributed by atoms with Crippen molar-refractivity contribution in [2.24, 2.45) is 0 Å². The highest BCUT2D eigenvalue weighted by Crippen LogP contribution is 2.11. The number of pyridine rings is 1. The molecule has 0 saturated heterocycles. The molecule has 0 atom stereocenters. The van der Waals surface area contributed by atoms with Crippen LogP contribution >= 0.6 is 11.6 Å². The molecule has 1 aromatic carbocycles. The molecular weight excluding hydrogens is 281 g/mol. The number of amides is 2. The molecule has 0 unspecified atom stereocenters. The average molecular weight is 294 g/mol. The smallest absolute Gasteiger partial charge is 0.321 e. The molecule has 0 spiro atoms. The highest BCUT2D eigenvalue weighted by molar-refractivity contribution is 6.29. The lowest BCUT2D eigenvalue weighted by molar-refractivity contribution is 0.220. The zero-order valence-corrected chi connectivity index (χ0v) is 11.6. The van der Waals surface area contributed by atoms with Crippen molar-refractivity contribution in [1.82, 2.24) is 9.88 Å². The van der Waals surface area contributed by atoms with E-state index in [-0.39, 0.29) is 11.8 Å². The second kappa shape index (κ2) is 6.34. The van der Waals surface area contributed by atoms with Gasteiger partial charge in [-0.3, -0.25) is 0 Å². The maximum Gasteiger partial charge on any atom is 0.321 e. The summed E-state index contributed by atoms with van der Waals surface area (Å²) in [4.78, 5) is 17.4. The lowest BCUT2D eigenvalue weighted by Gasteiger charge is -2.18. The van der Waals surface area contributed by atoms with Crippen LogP contribution in [0.5, 0.6) is 0 Å². The number of anilines is 1. The Morgan fingerprint density at radius 2 is 2.00 bits per heavy atom. The first kappa shape index (κ1) is 14.3. The topological polar surface area (TPSA) is 45.2 Å². The summed E-state index contributed by atoms with van der Waals surface area (Å²) >= 11 is 5.70. The van der Waals surface area contributed by atoms with E-state index in [0.29, 0.717) is 17.4 Å². The molecule has 2 amide bonds. The lowest BCUT2D eigenvalue weighted by atomic mass is 10.3. The molecule has 1 N–H and O–H groups in total. The largest absolute Gasteiger partial charge is 0.323 e. The van der Waals surface area contributed by atoms with Crippen molar-refractivity contribution in [2.75, 3.05) is 12.4 Å². The summed E-state index contributed by atoms with van der Waals surface area (Å²) in [6.45, 7) is 0.400. The number of nitrogens with one attached hydrogen (secondary N) is 1. The quantitative estimate of drug-likeness (QED) is 0.880. The number of benzene rings is 1. The highest BCUT2D eigenvalue weighted by Gasteiger charge is 2.09. The molecule has 2 aromatic rings. The van der Waals surface area contributed by atoms with Gasteiger partial charge in [0, 0.05) is 25.5 Å². The van der Waals surface area contributed by atoms with E-state index in [4.69, 9.17) is 11.6 Å². The molecule has 0 bridgehead atoms. The van der Waals surface area contributed by atoms with Gasteiger partial charge in [0.25, 0.3) is 0 Å². The van der Waals surface area contributed by atoms with E-state index in [9.17, 15) is 9.18 Å². The number of hydrogen-bond acceptors (Lipinski definition) is 2. The van der Waals surface area contributed by atoms with E-state index in [2.05, 4.69) is 10.3 Å². The average Bonchev–Trinajstić information content (AvgIpc) is 2.44. The van der Waals surface area contributed by atoms with Crippen LogP contribution in [0.25, 0.3) is 0 Å². The van der Waals surface area contributed by atoms with Crippen LogP contribution < -0.4 is 5.32 Å². The van der Waals surface area contributed by atoms with Crippen molar-refractivity contribution in [1.29, 1.82) is 0 Å². The number of urea groups is 1. The predicted molar refractivity (Wildman–Crippen MR) is 76.1 cm³/mol. The minimum atomic E-state index is -0.344. The Labute approximate surface area is 121 Å². The Morgan fingerprint density at radius 1 is 1.30 bits per heavy atom. The third kappa shape index (κ3) is 3.93. The van der Waals surface area contributed by atoms with E-state index in [1.165, 1.54) is 29.2 Å². The first-order chi connectivity index (χ1) is 9.54. The summed E-state index contributed by atoms with van der Waals surface area (Å²) in [5.41, 5.74) is 1.41. The molecule has 20 heavy (non-hydrogen) atoms. The number of nitrogens with zero attached hydrogens (tertiary/aromatic N) is 2. The van der Waals surface area contributed by atoms with Gasteiger partial charge in [-0.1, -0.05) is 17.7 Å². The fraction of sp³-hybridized carbons (Fsp3) is 0.143. The van der Waals surface area contributed by atoms with E-state index < -0.39 is 0 Å². The molecule has 0 saturated carbocycles. The van der Waals surface area contributed by atoms with Gasteiger partial charge < -0.3 is 10.2 Å². The minimum Gasteiger partial charge on any atom is -0.323 e. The fourth-order valence-corrected chi connectivity index (χ4v) is 1.71. The number of carbonyl (C=O) groups is 1. The molecule has 0 fully saturated rings. The standard InChI is InChI=1S/C14H13ClFN3O/c1-19(9-10-2-7-13(15)17-8-10)14(20)18-12-5-3-11(16)4-6-12/h2-8H,9H2,1H3,(H,18,20). The number of aromatic nitrogens is 1. The number of hydrogen-bond donors (Lipinski definition) is 1. The van der Waals surface area contributed by atoms with Gasteiger partial charge in [0.15, 0.2) is 0 Å². The van der Waals surface area contributed by atoms with E-state index in [0.717, 1.165) is 5.56 Å². The Kier molecular flexibility index (Phi) is 4.53.